The summed E-state index contributed by atoms with van der Waals surface area (Å²) >= 11 is 0. The topological polar surface area (TPSA) is 75.7 Å². The van der Waals surface area contributed by atoms with Crippen LogP contribution in [0.3, 0.4) is 0 Å². The van der Waals surface area contributed by atoms with Gasteiger partial charge in [-0.25, -0.2) is 8.42 Å². The summed E-state index contributed by atoms with van der Waals surface area (Å²) in [5, 5.41) is 2.82. The highest BCUT2D eigenvalue weighted by molar-refractivity contribution is 7.92. The van der Waals surface area contributed by atoms with Gasteiger partial charge >= 0.3 is 0 Å². The molecule has 0 aliphatic rings. The standard InChI is InChI=1S/C23H32N2O4S/c1-7-21(25(30(6,27)28)22-15-16(2)8-9-19(22)5)23(26)24-10-11-29-20-13-17(3)12-18(4)14-20/h8-9,12-15,21H,7,10-11H2,1-6H3,(H,24,26)/t21-/m0/s1. The minimum atomic E-state index is -3.66. The van der Waals surface area contributed by atoms with Crippen LogP contribution in [0.2, 0.25) is 0 Å². The van der Waals surface area contributed by atoms with E-state index in [-0.39, 0.29) is 12.5 Å². The van der Waals surface area contributed by atoms with Crippen molar-refractivity contribution in [2.45, 2.75) is 47.1 Å². The molecule has 0 saturated carbocycles. The Labute approximate surface area is 180 Å². The molecular weight excluding hydrogens is 400 g/mol. The maximum absolute atomic E-state index is 12.9. The third-order valence-corrected chi connectivity index (χ3v) is 5.96. The number of benzene rings is 2. The van der Waals surface area contributed by atoms with E-state index in [4.69, 9.17) is 4.74 Å². The molecule has 1 N–H and O–H groups in total. The second-order valence-electron chi connectivity index (χ2n) is 7.74. The largest absolute Gasteiger partial charge is 0.492 e. The molecule has 1 atom stereocenters. The molecule has 0 aliphatic carbocycles. The van der Waals surface area contributed by atoms with Gasteiger partial charge in [0, 0.05) is 0 Å². The number of hydrogen-bond donors (Lipinski definition) is 1. The van der Waals surface area contributed by atoms with Crippen LogP contribution in [-0.4, -0.2) is 39.8 Å². The van der Waals surface area contributed by atoms with Gasteiger partial charge in [0.2, 0.25) is 15.9 Å². The molecule has 6 nitrogen and oxygen atoms in total. The Morgan fingerprint density at radius 2 is 1.67 bits per heavy atom. The van der Waals surface area contributed by atoms with Crippen molar-refractivity contribution in [2.24, 2.45) is 0 Å². The SMILES string of the molecule is CC[C@@H](C(=O)NCCOc1cc(C)cc(C)c1)N(c1cc(C)ccc1C)S(C)(=O)=O. The Kier molecular flexibility index (Phi) is 7.89. The minimum absolute atomic E-state index is 0.284. The predicted molar refractivity (Wildman–Crippen MR) is 122 cm³/mol. The first-order valence-corrected chi connectivity index (χ1v) is 11.9. The number of anilines is 1. The van der Waals surface area contributed by atoms with Crippen LogP contribution in [0, 0.1) is 27.7 Å². The Morgan fingerprint density at radius 1 is 1.03 bits per heavy atom. The second-order valence-corrected chi connectivity index (χ2v) is 9.60. The fourth-order valence-electron chi connectivity index (χ4n) is 3.47. The van der Waals surface area contributed by atoms with Crippen LogP contribution in [-0.2, 0) is 14.8 Å². The fourth-order valence-corrected chi connectivity index (χ4v) is 4.73. The molecule has 0 heterocycles. The van der Waals surface area contributed by atoms with Gasteiger partial charge in [-0.05, 0) is 74.6 Å². The van der Waals surface area contributed by atoms with E-state index in [1.165, 1.54) is 4.31 Å². The molecule has 0 saturated heterocycles. The van der Waals surface area contributed by atoms with Crippen LogP contribution >= 0.6 is 0 Å². The van der Waals surface area contributed by atoms with Crippen LogP contribution < -0.4 is 14.4 Å². The normalized spacial score (nSPS) is 12.3. The number of ether oxygens (including phenoxy) is 1. The van der Waals surface area contributed by atoms with Crippen molar-refractivity contribution in [3.8, 4) is 5.75 Å². The van der Waals surface area contributed by atoms with Gasteiger partial charge in [0.15, 0.2) is 0 Å². The number of rotatable bonds is 9. The molecular formula is C23H32N2O4S. The molecule has 2 aromatic carbocycles. The van der Waals surface area contributed by atoms with Gasteiger partial charge in [-0.2, -0.15) is 0 Å². The molecule has 0 aliphatic heterocycles. The van der Waals surface area contributed by atoms with E-state index in [9.17, 15) is 13.2 Å². The number of carbonyl (C=O) groups is 1. The molecule has 1 amide bonds. The smallest absolute Gasteiger partial charge is 0.244 e. The van der Waals surface area contributed by atoms with Crippen molar-refractivity contribution in [1.82, 2.24) is 5.32 Å². The van der Waals surface area contributed by atoms with Crippen LogP contribution in [0.15, 0.2) is 36.4 Å². The summed E-state index contributed by atoms with van der Waals surface area (Å²) < 4.78 is 32.2. The van der Waals surface area contributed by atoms with Gasteiger partial charge < -0.3 is 10.1 Å². The maximum Gasteiger partial charge on any atom is 0.244 e. The predicted octanol–water partition coefficient (Wildman–Crippen LogP) is 3.66. The van der Waals surface area contributed by atoms with E-state index in [2.05, 4.69) is 11.4 Å². The molecule has 0 bridgehead atoms. The molecule has 30 heavy (non-hydrogen) atoms. The van der Waals surface area contributed by atoms with Gasteiger partial charge in [0.05, 0.1) is 18.5 Å². The zero-order valence-electron chi connectivity index (χ0n) is 18.7. The van der Waals surface area contributed by atoms with E-state index < -0.39 is 16.1 Å². The number of nitrogens with zero attached hydrogens (tertiary/aromatic N) is 1. The van der Waals surface area contributed by atoms with E-state index in [0.29, 0.717) is 18.7 Å². The molecule has 0 fully saturated rings. The molecule has 0 aromatic heterocycles. The third kappa shape index (κ3) is 6.23. The first-order chi connectivity index (χ1) is 14.0. The summed E-state index contributed by atoms with van der Waals surface area (Å²) in [7, 11) is -3.66. The molecule has 2 aromatic rings. The summed E-state index contributed by atoms with van der Waals surface area (Å²) in [5.74, 6) is 0.412. The van der Waals surface area contributed by atoms with Gasteiger partial charge in [0.1, 0.15) is 18.4 Å². The summed E-state index contributed by atoms with van der Waals surface area (Å²) in [6.07, 6.45) is 1.48. The van der Waals surface area contributed by atoms with Crippen molar-refractivity contribution >= 4 is 21.6 Å². The van der Waals surface area contributed by atoms with Crippen molar-refractivity contribution < 1.29 is 17.9 Å². The van der Waals surface area contributed by atoms with Crippen molar-refractivity contribution in [3.63, 3.8) is 0 Å². The van der Waals surface area contributed by atoms with Crippen LogP contribution in [0.1, 0.15) is 35.6 Å². The number of carbonyl (C=O) groups excluding carboxylic acids is 1. The van der Waals surface area contributed by atoms with Gasteiger partial charge in [-0.15, -0.1) is 0 Å². The van der Waals surface area contributed by atoms with Crippen molar-refractivity contribution in [3.05, 3.63) is 58.7 Å². The highest BCUT2D eigenvalue weighted by Gasteiger charge is 2.32. The maximum atomic E-state index is 12.9. The lowest BCUT2D eigenvalue weighted by molar-refractivity contribution is -0.122. The average molecular weight is 433 g/mol. The van der Waals surface area contributed by atoms with Gasteiger partial charge in [0.25, 0.3) is 0 Å². The number of sulfonamides is 1. The summed E-state index contributed by atoms with van der Waals surface area (Å²) in [4.78, 5) is 12.9. The number of aryl methyl sites for hydroxylation is 4. The minimum Gasteiger partial charge on any atom is -0.492 e. The summed E-state index contributed by atoms with van der Waals surface area (Å²) in [6.45, 7) is 10.1. The molecule has 0 radical (unpaired) electrons. The zero-order chi connectivity index (χ0) is 22.5. The number of amides is 1. The quantitative estimate of drug-likeness (QED) is 0.614. The Hall–Kier alpha value is -2.54. The monoisotopic (exact) mass is 432 g/mol. The van der Waals surface area contributed by atoms with Gasteiger partial charge in [-0.1, -0.05) is 25.1 Å². The van der Waals surface area contributed by atoms with E-state index >= 15 is 0 Å². The van der Waals surface area contributed by atoms with E-state index in [1.54, 1.807) is 13.0 Å². The molecule has 164 valence electrons. The Balaban J connectivity index is 2.11. The highest BCUT2D eigenvalue weighted by Crippen LogP contribution is 2.27. The lowest BCUT2D eigenvalue weighted by Gasteiger charge is -2.31. The molecule has 2 rings (SSSR count). The Morgan fingerprint density at radius 3 is 2.23 bits per heavy atom. The average Bonchev–Trinajstić information content (AvgIpc) is 2.63. The summed E-state index contributed by atoms with van der Waals surface area (Å²) in [5.41, 5.74) is 4.48. The van der Waals surface area contributed by atoms with Crippen LogP contribution in [0.5, 0.6) is 5.75 Å². The lowest BCUT2D eigenvalue weighted by Crippen LogP contribution is -2.50. The molecule has 0 unspecified atom stereocenters. The third-order valence-electron chi connectivity index (χ3n) is 4.80. The number of hydrogen-bond acceptors (Lipinski definition) is 4. The summed E-state index contributed by atoms with van der Waals surface area (Å²) in [6, 6.07) is 10.7. The van der Waals surface area contributed by atoms with Crippen molar-refractivity contribution in [1.29, 1.82) is 0 Å². The molecule has 0 spiro atoms. The first kappa shape index (κ1) is 23.7. The highest BCUT2D eigenvalue weighted by atomic mass is 32.2. The fraction of sp³-hybridized carbons (Fsp3) is 0.435. The number of nitrogens with one attached hydrogen (secondary N) is 1. The lowest BCUT2D eigenvalue weighted by atomic mass is 10.1. The van der Waals surface area contributed by atoms with Crippen LogP contribution in [0.4, 0.5) is 5.69 Å². The zero-order valence-corrected chi connectivity index (χ0v) is 19.5. The van der Waals surface area contributed by atoms with E-state index in [0.717, 1.165) is 34.3 Å². The van der Waals surface area contributed by atoms with Crippen molar-refractivity contribution in [2.75, 3.05) is 23.7 Å². The van der Waals surface area contributed by atoms with Crippen LogP contribution in [0.25, 0.3) is 0 Å². The first-order valence-electron chi connectivity index (χ1n) is 10.1. The van der Waals surface area contributed by atoms with E-state index in [1.807, 2.05) is 52.0 Å². The Bertz CT molecular complexity index is 982. The second kappa shape index (κ2) is 9.98. The molecule has 7 heteroatoms. The van der Waals surface area contributed by atoms with Gasteiger partial charge in [-0.3, -0.25) is 9.10 Å².